The lowest BCUT2D eigenvalue weighted by Crippen LogP contribution is -2.30. The highest BCUT2D eigenvalue weighted by molar-refractivity contribution is 6.30. The maximum Gasteiger partial charge on any atom is 0.416 e. The Balaban J connectivity index is 2.21. The van der Waals surface area contributed by atoms with Gasteiger partial charge in [0.15, 0.2) is 6.10 Å². The summed E-state index contributed by atoms with van der Waals surface area (Å²) in [4.78, 5) is 12.1. The quantitative estimate of drug-likeness (QED) is 0.647. The zero-order valence-corrected chi connectivity index (χ0v) is 14.3. The summed E-state index contributed by atoms with van der Waals surface area (Å²) in [5, 5.41) is 2.83. The van der Waals surface area contributed by atoms with Crippen LogP contribution in [0.1, 0.15) is 18.1 Å². The molecule has 0 bridgehead atoms. The molecule has 0 heterocycles. The topological polar surface area (TPSA) is 38.3 Å². The highest BCUT2D eigenvalue weighted by Crippen LogP contribution is 2.38. The summed E-state index contributed by atoms with van der Waals surface area (Å²) >= 11 is 5.70. The van der Waals surface area contributed by atoms with Crippen LogP contribution in [0.5, 0.6) is 5.75 Å². The molecule has 27 heavy (non-hydrogen) atoms. The SMILES string of the molecule is C[C@H](Oc1cc(C(F)(F)F)cc(C(F)(F)F)c1)C(=O)Nc1ccc(Cl)cc1. The molecule has 0 saturated carbocycles. The van der Waals surface area contributed by atoms with E-state index in [-0.39, 0.29) is 6.07 Å². The van der Waals surface area contributed by atoms with Crippen LogP contribution in [0, 0.1) is 0 Å². The molecule has 0 fully saturated rings. The van der Waals surface area contributed by atoms with Gasteiger partial charge in [-0.05, 0) is 49.4 Å². The normalized spacial score (nSPS) is 13.2. The van der Waals surface area contributed by atoms with E-state index in [1.165, 1.54) is 31.2 Å². The molecule has 10 heteroatoms. The summed E-state index contributed by atoms with van der Waals surface area (Å²) in [7, 11) is 0. The minimum absolute atomic E-state index is 0.0225. The van der Waals surface area contributed by atoms with Crippen molar-refractivity contribution in [1.82, 2.24) is 0 Å². The second-order valence-corrected chi connectivity index (χ2v) is 5.93. The van der Waals surface area contributed by atoms with Crippen molar-refractivity contribution in [3.63, 3.8) is 0 Å². The van der Waals surface area contributed by atoms with E-state index >= 15 is 0 Å². The number of alkyl halides is 6. The Hall–Kier alpha value is -2.42. The van der Waals surface area contributed by atoms with E-state index in [4.69, 9.17) is 16.3 Å². The van der Waals surface area contributed by atoms with Crippen LogP contribution in [0.25, 0.3) is 0 Å². The van der Waals surface area contributed by atoms with Crippen LogP contribution in [0.15, 0.2) is 42.5 Å². The van der Waals surface area contributed by atoms with Gasteiger partial charge in [0.2, 0.25) is 0 Å². The van der Waals surface area contributed by atoms with E-state index in [2.05, 4.69) is 5.32 Å². The van der Waals surface area contributed by atoms with E-state index < -0.39 is 41.2 Å². The molecule has 0 aliphatic carbocycles. The van der Waals surface area contributed by atoms with Gasteiger partial charge in [0, 0.05) is 10.7 Å². The van der Waals surface area contributed by atoms with Gasteiger partial charge in [-0.1, -0.05) is 11.6 Å². The van der Waals surface area contributed by atoms with E-state index in [1.54, 1.807) is 0 Å². The fourth-order valence-electron chi connectivity index (χ4n) is 2.03. The van der Waals surface area contributed by atoms with E-state index in [1.807, 2.05) is 0 Å². The molecule has 1 atom stereocenters. The average molecular weight is 412 g/mol. The van der Waals surface area contributed by atoms with Gasteiger partial charge in [0.1, 0.15) is 5.75 Å². The zero-order chi connectivity index (χ0) is 20.4. The molecular formula is C17H12ClF6NO2. The molecule has 0 aromatic heterocycles. The first-order valence-corrected chi connectivity index (χ1v) is 7.76. The Kier molecular flexibility index (Phi) is 5.94. The van der Waals surface area contributed by atoms with Crippen LogP contribution < -0.4 is 10.1 Å². The number of halogens is 7. The number of rotatable bonds is 4. The van der Waals surface area contributed by atoms with Gasteiger partial charge in [-0.15, -0.1) is 0 Å². The predicted octanol–water partition coefficient (Wildman–Crippen LogP) is 5.78. The summed E-state index contributed by atoms with van der Waals surface area (Å²) in [6.07, 6.45) is -11.4. The summed E-state index contributed by atoms with van der Waals surface area (Å²) in [6, 6.07) is 6.71. The number of hydrogen-bond donors (Lipinski definition) is 1. The fraction of sp³-hybridized carbons (Fsp3) is 0.235. The van der Waals surface area contributed by atoms with Gasteiger partial charge in [-0.2, -0.15) is 26.3 Å². The lowest BCUT2D eigenvalue weighted by molar-refractivity contribution is -0.143. The van der Waals surface area contributed by atoms with Crippen molar-refractivity contribution in [1.29, 1.82) is 0 Å². The summed E-state index contributed by atoms with van der Waals surface area (Å²) in [6.45, 7) is 1.19. The van der Waals surface area contributed by atoms with Crippen molar-refractivity contribution >= 4 is 23.2 Å². The molecule has 2 aromatic rings. The minimum atomic E-state index is -5.01. The van der Waals surface area contributed by atoms with Crippen LogP contribution in [0.3, 0.4) is 0 Å². The molecule has 0 saturated heterocycles. The Labute approximate surface area is 154 Å². The van der Waals surface area contributed by atoms with Gasteiger partial charge in [0.05, 0.1) is 11.1 Å². The second-order valence-electron chi connectivity index (χ2n) is 5.50. The lowest BCUT2D eigenvalue weighted by Gasteiger charge is -2.18. The van der Waals surface area contributed by atoms with Crippen molar-refractivity contribution in [2.45, 2.75) is 25.4 Å². The largest absolute Gasteiger partial charge is 0.481 e. The van der Waals surface area contributed by atoms with Gasteiger partial charge >= 0.3 is 12.4 Å². The van der Waals surface area contributed by atoms with Gasteiger partial charge < -0.3 is 10.1 Å². The average Bonchev–Trinajstić information content (AvgIpc) is 2.55. The Morgan fingerprint density at radius 1 is 0.963 bits per heavy atom. The smallest absolute Gasteiger partial charge is 0.416 e. The maximum atomic E-state index is 12.8. The summed E-state index contributed by atoms with van der Waals surface area (Å²) in [5.41, 5.74) is -2.73. The number of anilines is 1. The Bertz CT molecular complexity index is 785. The molecule has 1 N–H and O–H groups in total. The van der Waals surface area contributed by atoms with Gasteiger partial charge in [-0.3, -0.25) is 4.79 Å². The van der Waals surface area contributed by atoms with Crippen LogP contribution in [0.2, 0.25) is 5.02 Å². The first kappa shape index (κ1) is 20.9. The molecule has 1 amide bonds. The number of benzene rings is 2. The van der Waals surface area contributed by atoms with Crippen LogP contribution >= 0.6 is 11.6 Å². The van der Waals surface area contributed by atoms with Gasteiger partial charge in [-0.25, -0.2) is 0 Å². The van der Waals surface area contributed by atoms with E-state index in [0.717, 1.165) is 0 Å². The number of carbonyl (C=O) groups is 1. The fourth-order valence-corrected chi connectivity index (χ4v) is 2.16. The van der Waals surface area contributed by atoms with Crippen molar-refractivity contribution in [2.75, 3.05) is 5.32 Å². The zero-order valence-electron chi connectivity index (χ0n) is 13.6. The first-order valence-electron chi connectivity index (χ1n) is 7.39. The van der Waals surface area contributed by atoms with E-state index in [9.17, 15) is 31.1 Å². The number of ether oxygens (including phenoxy) is 1. The van der Waals surface area contributed by atoms with E-state index in [0.29, 0.717) is 22.8 Å². The molecule has 3 nitrogen and oxygen atoms in total. The third-order valence-corrected chi connectivity index (χ3v) is 3.61. The molecule has 0 aliphatic heterocycles. The van der Waals surface area contributed by atoms with Crippen LogP contribution in [-0.4, -0.2) is 12.0 Å². The van der Waals surface area contributed by atoms with Gasteiger partial charge in [0.25, 0.3) is 5.91 Å². The highest BCUT2D eigenvalue weighted by Gasteiger charge is 2.37. The monoisotopic (exact) mass is 411 g/mol. The number of amides is 1. The second kappa shape index (κ2) is 7.67. The Morgan fingerprint density at radius 2 is 1.44 bits per heavy atom. The number of carbonyl (C=O) groups excluding carboxylic acids is 1. The molecular weight excluding hydrogens is 400 g/mol. The first-order chi connectivity index (χ1) is 12.4. The van der Waals surface area contributed by atoms with Crippen LogP contribution in [-0.2, 0) is 17.1 Å². The third-order valence-electron chi connectivity index (χ3n) is 3.36. The minimum Gasteiger partial charge on any atom is -0.481 e. The predicted molar refractivity (Wildman–Crippen MR) is 86.6 cm³/mol. The molecule has 2 aromatic carbocycles. The van der Waals surface area contributed by atoms with Crippen molar-refractivity contribution in [2.24, 2.45) is 0 Å². The highest BCUT2D eigenvalue weighted by atomic mass is 35.5. The molecule has 0 unspecified atom stereocenters. The number of hydrogen-bond acceptors (Lipinski definition) is 2. The number of nitrogens with one attached hydrogen (secondary N) is 1. The Morgan fingerprint density at radius 3 is 1.89 bits per heavy atom. The standard InChI is InChI=1S/C17H12ClF6NO2/c1-9(15(26)25-13-4-2-12(18)3-5-13)27-14-7-10(16(19,20)21)6-11(8-14)17(22,23)24/h2-9H,1H3,(H,25,26)/t9-/m0/s1. The summed E-state index contributed by atoms with van der Waals surface area (Å²) < 4.78 is 82.0. The maximum absolute atomic E-state index is 12.8. The lowest BCUT2D eigenvalue weighted by atomic mass is 10.1. The molecule has 146 valence electrons. The van der Waals surface area contributed by atoms with Crippen molar-refractivity contribution in [3.05, 3.63) is 58.6 Å². The molecule has 0 aliphatic rings. The molecule has 0 spiro atoms. The third kappa shape index (κ3) is 5.78. The molecule has 0 radical (unpaired) electrons. The van der Waals surface area contributed by atoms with Crippen molar-refractivity contribution < 1.29 is 35.9 Å². The summed E-state index contributed by atoms with van der Waals surface area (Å²) in [5.74, 6) is -1.49. The molecule has 2 rings (SSSR count). The van der Waals surface area contributed by atoms with Crippen LogP contribution in [0.4, 0.5) is 32.0 Å². The van der Waals surface area contributed by atoms with Crippen molar-refractivity contribution in [3.8, 4) is 5.75 Å².